The molecule has 1 N–H and O–H groups in total. The quantitative estimate of drug-likeness (QED) is 0.441. The maximum Gasteiger partial charge on any atom is 0.159 e. The number of hydrogen-bond donors (Lipinski definition) is 1. The SMILES string of the molecule is CCOc1ccccc1/C=C/C(=O)[C@H]1CC[C@H]2[C@@H]3C[C@@H]4O[C@@]45C[C@@H](O)CC[C@]5(C)[C@H]3CC[C@]12C. The van der Waals surface area contributed by atoms with E-state index in [4.69, 9.17) is 9.47 Å². The summed E-state index contributed by atoms with van der Waals surface area (Å²) < 4.78 is 12.2. The maximum absolute atomic E-state index is 13.5. The van der Waals surface area contributed by atoms with Gasteiger partial charge in [-0.3, -0.25) is 4.79 Å². The van der Waals surface area contributed by atoms with Crippen LogP contribution in [0.1, 0.15) is 77.7 Å². The molecule has 5 fully saturated rings. The van der Waals surface area contributed by atoms with Crippen LogP contribution in [0.3, 0.4) is 0 Å². The molecule has 4 heteroatoms. The van der Waals surface area contributed by atoms with Gasteiger partial charge in [0.2, 0.25) is 0 Å². The third kappa shape index (κ3) is 3.13. The van der Waals surface area contributed by atoms with E-state index in [1.54, 1.807) is 0 Å². The molecule has 4 saturated carbocycles. The minimum absolute atomic E-state index is 0.0654. The lowest BCUT2D eigenvalue weighted by Crippen LogP contribution is -2.58. The average Bonchev–Trinajstić information content (AvgIpc) is 3.39. The van der Waals surface area contributed by atoms with E-state index in [-0.39, 0.29) is 34.2 Å². The molecule has 1 aromatic rings. The van der Waals surface area contributed by atoms with Crippen molar-refractivity contribution in [1.29, 1.82) is 0 Å². The monoisotopic (exact) mass is 464 g/mol. The van der Waals surface area contributed by atoms with Crippen LogP contribution in [0.2, 0.25) is 0 Å². The topological polar surface area (TPSA) is 59.1 Å². The fourth-order valence-corrected chi connectivity index (χ4v) is 9.32. The molecule has 1 saturated heterocycles. The summed E-state index contributed by atoms with van der Waals surface area (Å²) in [4.78, 5) is 13.5. The first-order valence-electron chi connectivity index (χ1n) is 13.6. The molecule has 1 heterocycles. The van der Waals surface area contributed by atoms with Gasteiger partial charge in [0.1, 0.15) is 11.4 Å². The number of para-hydroxylation sites is 1. The summed E-state index contributed by atoms with van der Waals surface area (Å²) >= 11 is 0. The molecule has 184 valence electrons. The zero-order valence-corrected chi connectivity index (χ0v) is 21.0. The number of ketones is 1. The summed E-state index contributed by atoms with van der Waals surface area (Å²) in [5.74, 6) is 3.16. The number of allylic oxidation sites excluding steroid dienone is 1. The average molecular weight is 465 g/mol. The standard InChI is InChI=1S/C30H40O4/c1-4-33-26-8-6-5-7-19(26)9-12-25(32)24-11-10-22-21-17-27-30(34-27)18-20(31)13-16-29(30,3)23(21)14-15-28(22,24)2/h5-9,12,20-24,27,31H,4,10-11,13-18H2,1-3H3/b12-9+/t20-,21-,22-,23-,24+,27-,28-,29+,30-/m0/s1. The Morgan fingerprint density at radius 2 is 1.97 bits per heavy atom. The lowest BCUT2D eigenvalue weighted by molar-refractivity contribution is -0.131. The number of carbonyl (C=O) groups is 1. The number of fused-ring (bicyclic) bond motifs is 4. The number of ether oxygens (including phenoxy) is 2. The van der Waals surface area contributed by atoms with Gasteiger partial charge in [-0.15, -0.1) is 0 Å². The number of aliphatic hydroxyl groups excluding tert-OH is 1. The van der Waals surface area contributed by atoms with E-state index in [2.05, 4.69) is 13.8 Å². The smallest absolute Gasteiger partial charge is 0.159 e. The maximum atomic E-state index is 13.5. The summed E-state index contributed by atoms with van der Waals surface area (Å²) in [5.41, 5.74) is 1.18. The molecule has 0 radical (unpaired) electrons. The highest BCUT2D eigenvalue weighted by Gasteiger charge is 2.76. The fourth-order valence-electron chi connectivity index (χ4n) is 9.32. The van der Waals surface area contributed by atoms with Crippen LogP contribution in [-0.2, 0) is 9.53 Å². The Morgan fingerprint density at radius 1 is 1.15 bits per heavy atom. The van der Waals surface area contributed by atoms with Crippen LogP contribution in [0.4, 0.5) is 0 Å². The van der Waals surface area contributed by atoms with Gasteiger partial charge in [-0.25, -0.2) is 0 Å². The van der Waals surface area contributed by atoms with E-state index in [9.17, 15) is 9.90 Å². The molecule has 9 atom stereocenters. The van der Waals surface area contributed by atoms with Crippen molar-refractivity contribution < 1.29 is 19.4 Å². The first kappa shape index (κ1) is 22.8. The Labute approximate surface area is 204 Å². The lowest BCUT2D eigenvalue weighted by Gasteiger charge is -2.59. The third-order valence-electron chi connectivity index (χ3n) is 11.0. The van der Waals surface area contributed by atoms with Crippen molar-refractivity contribution in [3.8, 4) is 5.75 Å². The number of carbonyl (C=O) groups excluding carboxylic acids is 1. The first-order chi connectivity index (χ1) is 16.3. The molecule has 0 unspecified atom stereocenters. The Morgan fingerprint density at radius 3 is 2.79 bits per heavy atom. The van der Waals surface area contributed by atoms with E-state index in [1.807, 2.05) is 43.3 Å². The summed E-state index contributed by atoms with van der Waals surface area (Å²) in [6.45, 7) is 7.48. The molecule has 0 bridgehead atoms. The van der Waals surface area contributed by atoms with Gasteiger partial charge in [-0.05, 0) is 93.3 Å². The molecule has 5 aliphatic rings. The van der Waals surface area contributed by atoms with Crippen molar-refractivity contribution >= 4 is 11.9 Å². The second kappa shape index (κ2) is 7.93. The largest absolute Gasteiger partial charge is 0.493 e. The van der Waals surface area contributed by atoms with Crippen LogP contribution in [0, 0.1) is 34.5 Å². The molecular weight excluding hydrogens is 424 g/mol. The van der Waals surface area contributed by atoms with Crippen molar-refractivity contribution in [3.63, 3.8) is 0 Å². The molecule has 0 aromatic heterocycles. The van der Waals surface area contributed by atoms with Crippen LogP contribution >= 0.6 is 0 Å². The summed E-state index contributed by atoms with van der Waals surface area (Å²) in [6, 6.07) is 7.95. The van der Waals surface area contributed by atoms with Crippen LogP contribution < -0.4 is 4.74 Å². The van der Waals surface area contributed by atoms with Crippen molar-refractivity contribution in [1.82, 2.24) is 0 Å². The molecule has 4 nitrogen and oxygen atoms in total. The Hall–Kier alpha value is -1.65. The zero-order chi connectivity index (χ0) is 23.7. The van der Waals surface area contributed by atoms with Gasteiger partial charge >= 0.3 is 0 Å². The van der Waals surface area contributed by atoms with Gasteiger partial charge in [0.05, 0.1) is 18.8 Å². The number of benzene rings is 1. The van der Waals surface area contributed by atoms with Crippen LogP contribution in [0.15, 0.2) is 30.3 Å². The van der Waals surface area contributed by atoms with E-state index < -0.39 is 0 Å². The predicted octanol–water partition coefficient (Wildman–Crippen LogP) is 5.82. The van der Waals surface area contributed by atoms with E-state index in [0.29, 0.717) is 30.5 Å². The second-order valence-corrected chi connectivity index (χ2v) is 12.3. The Bertz CT molecular complexity index is 1000. The van der Waals surface area contributed by atoms with Gasteiger partial charge in [0.15, 0.2) is 5.78 Å². The minimum atomic E-state index is -0.198. The van der Waals surface area contributed by atoms with Gasteiger partial charge in [0, 0.05) is 23.3 Å². The molecule has 6 rings (SSSR count). The van der Waals surface area contributed by atoms with E-state index in [0.717, 1.165) is 56.3 Å². The molecule has 1 aliphatic heterocycles. The van der Waals surface area contributed by atoms with Gasteiger partial charge in [-0.1, -0.05) is 32.0 Å². The summed E-state index contributed by atoms with van der Waals surface area (Å²) in [5, 5.41) is 10.4. The van der Waals surface area contributed by atoms with E-state index in [1.165, 1.54) is 6.42 Å². The predicted molar refractivity (Wildman–Crippen MR) is 132 cm³/mol. The first-order valence-corrected chi connectivity index (χ1v) is 13.6. The number of aliphatic hydroxyl groups is 1. The molecule has 4 aliphatic carbocycles. The van der Waals surface area contributed by atoms with Crippen molar-refractivity contribution in [2.75, 3.05) is 6.61 Å². The minimum Gasteiger partial charge on any atom is -0.493 e. The third-order valence-corrected chi connectivity index (χ3v) is 11.0. The van der Waals surface area contributed by atoms with Gasteiger partial charge in [0.25, 0.3) is 0 Å². The Kier molecular flexibility index (Phi) is 5.31. The van der Waals surface area contributed by atoms with Crippen LogP contribution in [0.25, 0.3) is 6.08 Å². The van der Waals surface area contributed by atoms with Crippen LogP contribution in [-0.4, -0.2) is 35.3 Å². The van der Waals surface area contributed by atoms with Crippen molar-refractivity contribution in [3.05, 3.63) is 35.9 Å². The fraction of sp³-hybridized carbons (Fsp3) is 0.700. The highest BCUT2D eigenvalue weighted by atomic mass is 16.6. The van der Waals surface area contributed by atoms with Crippen LogP contribution in [0.5, 0.6) is 5.75 Å². The highest BCUT2D eigenvalue weighted by Crippen LogP contribution is 2.73. The van der Waals surface area contributed by atoms with Crippen molar-refractivity contribution in [2.45, 2.75) is 89.9 Å². The van der Waals surface area contributed by atoms with E-state index >= 15 is 0 Å². The Balaban J connectivity index is 1.22. The summed E-state index contributed by atoms with van der Waals surface area (Å²) in [6.07, 6.45) is 12.4. The molecule has 0 amide bonds. The molecule has 34 heavy (non-hydrogen) atoms. The number of hydrogen-bond acceptors (Lipinski definition) is 4. The second-order valence-electron chi connectivity index (χ2n) is 12.3. The number of rotatable bonds is 5. The molecule has 1 spiro atoms. The zero-order valence-electron chi connectivity index (χ0n) is 21.0. The summed E-state index contributed by atoms with van der Waals surface area (Å²) in [7, 11) is 0. The van der Waals surface area contributed by atoms with Gasteiger partial charge in [-0.2, -0.15) is 0 Å². The lowest BCUT2D eigenvalue weighted by atomic mass is 9.44. The molecular formula is C30H40O4. The normalized spacial score (nSPS) is 46.8. The van der Waals surface area contributed by atoms with Crippen molar-refractivity contribution in [2.24, 2.45) is 34.5 Å². The number of epoxide rings is 1. The highest BCUT2D eigenvalue weighted by molar-refractivity contribution is 5.96. The van der Waals surface area contributed by atoms with Gasteiger partial charge < -0.3 is 14.6 Å². The molecule has 1 aromatic carbocycles.